The Labute approximate surface area is 108 Å². The molecular formula is C12H10N4OS. The number of hydrogen-bond acceptors (Lipinski definition) is 5. The highest BCUT2D eigenvalue weighted by atomic mass is 32.1. The van der Waals surface area contributed by atoms with Gasteiger partial charge in [-0.05, 0) is 30.1 Å². The second kappa shape index (κ2) is 5.38. The van der Waals surface area contributed by atoms with E-state index in [1.807, 2.05) is 13.0 Å². The SMILES string of the molecule is CCc1nnsc1C(=O)Nc1ccccc1C#N. The molecule has 0 radical (unpaired) electrons. The van der Waals surface area contributed by atoms with Crippen LogP contribution in [0.2, 0.25) is 0 Å². The average molecular weight is 258 g/mol. The number of aromatic nitrogens is 2. The van der Waals surface area contributed by atoms with Crippen molar-refractivity contribution in [2.24, 2.45) is 0 Å². The first-order valence-corrected chi connectivity index (χ1v) is 6.15. The van der Waals surface area contributed by atoms with E-state index in [4.69, 9.17) is 5.26 Å². The summed E-state index contributed by atoms with van der Waals surface area (Å²) < 4.78 is 3.76. The first kappa shape index (κ1) is 12.2. The molecule has 0 saturated heterocycles. The number of para-hydroxylation sites is 1. The van der Waals surface area contributed by atoms with E-state index in [0.29, 0.717) is 28.2 Å². The van der Waals surface area contributed by atoms with Gasteiger partial charge in [0, 0.05) is 0 Å². The van der Waals surface area contributed by atoms with E-state index in [-0.39, 0.29) is 5.91 Å². The normalized spacial score (nSPS) is 9.78. The summed E-state index contributed by atoms with van der Waals surface area (Å²) in [6.07, 6.45) is 0.652. The van der Waals surface area contributed by atoms with E-state index in [1.54, 1.807) is 24.3 Å². The number of carbonyl (C=O) groups excluding carboxylic acids is 1. The molecule has 90 valence electrons. The van der Waals surface area contributed by atoms with E-state index >= 15 is 0 Å². The molecule has 0 aliphatic rings. The monoisotopic (exact) mass is 258 g/mol. The third-order valence-electron chi connectivity index (χ3n) is 2.39. The number of nitrogens with zero attached hydrogens (tertiary/aromatic N) is 3. The fourth-order valence-corrected chi connectivity index (χ4v) is 2.13. The van der Waals surface area contributed by atoms with E-state index in [9.17, 15) is 4.79 Å². The minimum absolute atomic E-state index is 0.274. The van der Waals surface area contributed by atoms with Crippen molar-refractivity contribution in [1.82, 2.24) is 9.59 Å². The lowest BCUT2D eigenvalue weighted by atomic mass is 10.2. The van der Waals surface area contributed by atoms with Gasteiger partial charge >= 0.3 is 0 Å². The van der Waals surface area contributed by atoms with E-state index in [2.05, 4.69) is 14.9 Å². The lowest BCUT2D eigenvalue weighted by Gasteiger charge is -2.05. The van der Waals surface area contributed by atoms with Crippen molar-refractivity contribution in [3.63, 3.8) is 0 Å². The van der Waals surface area contributed by atoms with Gasteiger partial charge < -0.3 is 5.32 Å². The number of benzene rings is 1. The van der Waals surface area contributed by atoms with E-state index < -0.39 is 0 Å². The molecule has 0 fully saturated rings. The Bertz CT molecular complexity index is 615. The van der Waals surface area contributed by atoms with Gasteiger partial charge in [0.15, 0.2) is 0 Å². The van der Waals surface area contributed by atoms with Crippen LogP contribution in [0.15, 0.2) is 24.3 Å². The lowest BCUT2D eigenvalue weighted by Crippen LogP contribution is -2.13. The molecule has 0 spiro atoms. The van der Waals surface area contributed by atoms with Gasteiger partial charge in [0.05, 0.1) is 16.9 Å². The Morgan fingerprint density at radius 3 is 3.00 bits per heavy atom. The zero-order valence-electron chi connectivity index (χ0n) is 9.67. The molecule has 0 atom stereocenters. The van der Waals surface area contributed by atoms with Crippen LogP contribution in [0.5, 0.6) is 0 Å². The number of hydrogen-bond donors (Lipinski definition) is 1. The number of carbonyl (C=O) groups is 1. The molecule has 1 N–H and O–H groups in total. The van der Waals surface area contributed by atoms with Crippen LogP contribution in [0, 0.1) is 11.3 Å². The van der Waals surface area contributed by atoms with Crippen LogP contribution in [0.25, 0.3) is 0 Å². The van der Waals surface area contributed by atoms with Gasteiger partial charge in [-0.15, -0.1) is 5.10 Å². The molecule has 5 nitrogen and oxygen atoms in total. The minimum Gasteiger partial charge on any atom is -0.320 e. The zero-order chi connectivity index (χ0) is 13.0. The maximum Gasteiger partial charge on any atom is 0.269 e. The van der Waals surface area contributed by atoms with Gasteiger partial charge in [-0.2, -0.15) is 5.26 Å². The number of nitriles is 1. The Morgan fingerprint density at radius 2 is 2.28 bits per heavy atom. The van der Waals surface area contributed by atoms with Crippen molar-refractivity contribution in [2.45, 2.75) is 13.3 Å². The number of amides is 1. The van der Waals surface area contributed by atoms with Gasteiger partial charge in [0.2, 0.25) is 0 Å². The van der Waals surface area contributed by atoms with Crippen LogP contribution in [0.1, 0.15) is 27.9 Å². The second-order valence-corrected chi connectivity index (χ2v) is 4.27. The smallest absolute Gasteiger partial charge is 0.269 e. The first-order chi connectivity index (χ1) is 8.76. The van der Waals surface area contributed by atoms with Crippen LogP contribution in [-0.2, 0) is 6.42 Å². The summed E-state index contributed by atoms with van der Waals surface area (Å²) in [4.78, 5) is 12.5. The molecule has 0 saturated carbocycles. The third kappa shape index (κ3) is 2.36. The Kier molecular flexibility index (Phi) is 3.65. The molecule has 18 heavy (non-hydrogen) atoms. The largest absolute Gasteiger partial charge is 0.320 e. The molecule has 1 heterocycles. The average Bonchev–Trinajstić information content (AvgIpc) is 2.87. The molecule has 0 unspecified atom stereocenters. The highest BCUT2D eigenvalue weighted by Gasteiger charge is 2.16. The maximum absolute atomic E-state index is 12.0. The summed E-state index contributed by atoms with van der Waals surface area (Å²) in [5, 5.41) is 15.5. The molecule has 2 aromatic rings. The molecule has 0 bridgehead atoms. The lowest BCUT2D eigenvalue weighted by molar-refractivity contribution is 0.102. The summed E-state index contributed by atoms with van der Waals surface area (Å²) in [6, 6.07) is 8.89. The maximum atomic E-state index is 12.0. The third-order valence-corrected chi connectivity index (χ3v) is 3.16. The van der Waals surface area contributed by atoms with Crippen molar-refractivity contribution < 1.29 is 4.79 Å². The molecule has 0 aliphatic heterocycles. The summed E-state index contributed by atoms with van der Waals surface area (Å²) in [5.74, 6) is -0.274. The Balaban J connectivity index is 2.25. The second-order valence-electron chi connectivity index (χ2n) is 3.51. The first-order valence-electron chi connectivity index (χ1n) is 5.38. The van der Waals surface area contributed by atoms with Gasteiger partial charge in [0.1, 0.15) is 10.9 Å². The predicted molar refractivity (Wildman–Crippen MR) is 68.4 cm³/mol. The fraction of sp³-hybridized carbons (Fsp3) is 0.167. The molecule has 1 aromatic heterocycles. The Morgan fingerprint density at radius 1 is 1.50 bits per heavy atom. The summed E-state index contributed by atoms with van der Waals surface area (Å²) in [6.45, 7) is 1.91. The number of rotatable bonds is 3. The quantitative estimate of drug-likeness (QED) is 0.915. The van der Waals surface area contributed by atoms with Crippen molar-refractivity contribution >= 4 is 23.1 Å². The van der Waals surface area contributed by atoms with Gasteiger partial charge in [0.25, 0.3) is 5.91 Å². The summed E-state index contributed by atoms with van der Waals surface area (Å²) in [7, 11) is 0. The van der Waals surface area contributed by atoms with Gasteiger partial charge in [-0.25, -0.2) is 0 Å². The molecule has 1 amide bonds. The topological polar surface area (TPSA) is 78.7 Å². The van der Waals surface area contributed by atoms with Crippen LogP contribution >= 0.6 is 11.5 Å². The van der Waals surface area contributed by atoms with Crippen molar-refractivity contribution in [3.05, 3.63) is 40.4 Å². The number of nitrogens with one attached hydrogen (secondary N) is 1. The molecule has 1 aromatic carbocycles. The van der Waals surface area contributed by atoms with Crippen LogP contribution < -0.4 is 5.32 Å². The highest BCUT2D eigenvalue weighted by molar-refractivity contribution is 7.08. The van der Waals surface area contributed by atoms with Crippen molar-refractivity contribution in [1.29, 1.82) is 5.26 Å². The van der Waals surface area contributed by atoms with Crippen LogP contribution in [0.4, 0.5) is 5.69 Å². The Hall–Kier alpha value is -2.26. The summed E-state index contributed by atoms with van der Waals surface area (Å²) in [5.41, 5.74) is 1.61. The minimum atomic E-state index is -0.274. The zero-order valence-corrected chi connectivity index (χ0v) is 10.5. The standard InChI is InChI=1S/C12H10N4OS/c1-2-9-11(18-16-15-9)12(17)14-10-6-4-3-5-8(10)7-13/h3-6H,2H2,1H3,(H,14,17). The molecule has 2 rings (SSSR count). The molecular weight excluding hydrogens is 248 g/mol. The van der Waals surface area contributed by atoms with Crippen molar-refractivity contribution in [3.8, 4) is 6.07 Å². The van der Waals surface area contributed by atoms with E-state index in [0.717, 1.165) is 11.5 Å². The van der Waals surface area contributed by atoms with Gasteiger partial charge in [-0.1, -0.05) is 23.5 Å². The fourth-order valence-electron chi connectivity index (χ4n) is 1.48. The van der Waals surface area contributed by atoms with Crippen LogP contribution in [-0.4, -0.2) is 15.5 Å². The molecule has 6 heteroatoms. The summed E-state index contributed by atoms with van der Waals surface area (Å²) >= 11 is 1.06. The van der Waals surface area contributed by atoms with E-state index in [1.165, 1.54) is 0 Å². The van der Waals surface area contributed by atoms with Crippen LogP contribution in [0.3, 0.4) is 0 Å². The number of anilines is 1. The number of aryl methyl sites for hydroxylation is 1. The van der Waals surface area contributed by atoms with Crippen molar-refractivity contribution in [2.75, 3.05) is 5.32 Å². The predicted octanol–water partition coefficient (Wildman–Crippen LogP) is 2.22. The molecule has 0 aliphatic carbocycles. The highest BCUT2D eigenvalue weighted by Crippen LogP contribution is 2.17. The van der Waals surface area contributed by atoms with Gasteiger partial charge in [-0.3, -0.25) is 4.79 Å².